The summed E-state index contributed by atoms with van der Waals surface area (Å²) in [5.74, 6) is 0.477. The average molecular weight is 293 g/mol. The van der Waals surface area contributed by atoms with Crippen LogP contribution in [0.5, 0.6) is 5.88 Å². The minimum Gasteiger partial charge on any atom is -0.481 e. The summed E-state index contributed by atoms with van der Waals surface area (Å²) in [4.78, 5) is 12.0. The second kappa shape index (κ2) is 5.96. The van der Waals surface area contributed by atoms with Gasteiger partial charge in [0.2, 0.25) is 5.88 Å². The van der Waals surface area contributed by atoms with Gasteiger partial charge < -0.3 is 4.74 Å². The van der Waals surface area contributed by atoms with Gasteiger partial charge in [0.05, 0.1) is 12.9 Å². The molecule has 0 spiro atoms. The van der Waals surface area contributed by atoms with Crippen molar-refractivity contribution in [3.8, 4) is 5.88 Å². The number of hydrogen-bond acceptors (Lipinski definition) is 6. The molecular formula is C13H15N3O3S. The standard InChI is InChI=1S/C13H15N3O3S/c1-10-5-14-12(15-6-10)9-20(17,18)8-11-3-4-13(19-2)16-7-11/h3-7H,8-9H2,1-2H3. The third-order valence-corrected chi connectivity index (χ3v) is 4.05. The van der Waals surface area contributed by atoms with Gasteiger partial charge in [0, 0.05) is 24.7 Å². The van der Waals surface area contributed by atoms with E-state index in [4.69, 9.17) is 4.74 Å². The topological polar surface area (TPSA) is 82.0 Å². The lowest BCUT2D eigenvalue weighted by molar-refractivity contribution is 0.397. The van der Waals surface area contributed by atoms with Gasteiger partial charge in [-0.15, -0.1) is 0 Å². The zero-order valence-corrected chi connectivity index (χ0v) is 12.1. The van der Waals surface area contributed by atoms with E-state index in [2.05, 4.69) is 15.0 Å². The van der Waals surface area contributed by atoms with Crippen LogP contribution in [0.25, 0.3) is 0 Å². The van der Waals surface area contributed by atoms with Gasteiger partial charge in [-0.05, 0) is 18.1 Å². The predicted octanol–water partition coefficient (Wildman–Crippen LogP) is 1.30. The van der Waals surface area contributed by atoms with E-state index >= 15 is 0 Å². The monoisotopic (exact) mass is 293 g/mol. The molecule has 0 aliphatic rings. The van der Waals surface area contributed by atoms with Gasteiger partial charge in [-0.1, -0.05) is 6.07 Å². The number of sulfone groups is 1. The van der Waals surface area contributed by atoms with Crippen molar-refractivity contribution >= 4 is 9.84 Å². The van der Waals surface area contributed by atoms with Crippen LogP contribution >= 0.6 is 0 Å². The maximum atomic E-state index is 12.1. The SMILES string of the molecule is COc1ccc(CS(=O)(=O)Cc2ncc(C)cn2)cn1. The largest absolute Gasteiger partial charge is 0.481 e. The number of nitrogens with zero attached hydrogens (tertiary/aromatic N) is 3. The minimum absolute atomic E-state index is 0.0960. The fourth-order valence-electron chi connectivity index (χ4n) is 1.61. The van der Waals surface area contributed by atoms with E-state index in [1.165, 1.54) is 13.3 Å². The number of aromatic nitrogens is 3. The normalized spacial score (nSPS) is 11.3. The first-order valence-electron chi connectivity index (χ1n) is 5.95. The maximum Gasteiger partial charge on any atom is 0.212 e. The van der Waals surface area contributed by atoms with Crippen molar-refractivity contribution in [3.63, 3.8) is 0 Å². The molecule has 20 heavy (non-hydrogen) atoms. The van der Waals surface area contributed by atoms with Crippen LogP contribution in [0.3, 0.4) is 0 Å². The van der Waals surface area contributed by atoms with E-state index < -0.39 is 9.84 Å². The average Bonchev–Trinajstić information content (AvgIpc) is 2.41. The molecule has 0 bridgehead atoms. The van der Waals surface area contributed by atoms with Crippen LogP contribution in [0.15, 0.2) is 30.7 Å². The zero-order valence-electron chi connectivity index (χ0n) is 11.3. The molecule has 2 heterocycles. The van der Waals surface area contributed by atoms with Crippen molar-refractivity contribution in [3.05, 3.63) is 47.7 Å². The van der Waals surface area contributed by atoms with Crippen LogP contribution in [0, 0.1) is 6.92 Å². The molecule has 0 unspecified atom stereocenters. The number of rotatable bonds is 5. The summed E-state index contributed by atoms with van der Waals surface area (Å²) in [6, 6.07) is 3.31. The molecule has 2 aromatic heterocycles. The zero-order chi connectivity index (χ0) is 14.6. The van der Waals surface area contributed by atoms with Crippen molar-refractivity contribution in [2.45, 2.75) is 18.4 Å². The molecule has 0 saturated carbocycles. The second-order valence-electron chi connectivity index (χ2n) is 4.42. The van der Waals surface area contributed by atoms with Crippen LogP contribution in [-0.2, 0) is 21.3 Å². The van der Waals surface area contributed by atoms with E-state index in [9.17, 15) is 8.42 Å². The molecular weight excluding hydrogens is 278 g/mol. The van der Waals surface area contributed by atoms with Crippen molar-refractivity contribution in [2.24, 2.45) is 0 Å². The smallest absolute Gasteiger partial charge is 0.212 e. The van der Waals surface area contributed by atoms with E-state index in [1.54, 1.807) is 24.5 Å². The second-order valence-corrected chi connectivity index (χ2v) is 6.48. The van der Waals surface area contributed by atoms with Crippen LogP contribution in [-0.4, -0.2) is 30.5 Å². The fourth-order valence-corrected chi connectivity index (χ4v) is 2.94. The van der Waals surface area contributed by atoms with Gasteiger partial charge >= 0.3 is 0 Å². The third-order valence-electron chi connectivity index (χ3n) is 2.58. The Morgan fingerprint density at radius 2 is 1.75 bits per heavy atom. The molecule has 106 valence electrons. The molecule has 0 amide bonds. The quantitative estimate of drug-likeness (QED) is 0.826. The summed E-state index contributed by atoms with van der Waals surface area (Å²) in [6.07, 6.45) is 4.70. The molecule has 0 fully saturated rings. The Morgan fingerprint density at radius 1 is 1.05 bits per heavy atom. The molecule has 0 saturated heterocycles. The highest BCUT2D eigenvalue weighted by atomic mass is 32.2. The molecule has 0 aliphatic heterocycles. The predicted molar refractivity (Wildman–Crippen MR) is 73.9 cm³/mol. The number of pyridine rings is 1. The Hall–Kier alpha value is -2.02. The first-order chi connectivity index (χ1) is 9.48. The van der Waals surface area contributed by atoms with Gasteiger partial charge in [-0.2, -0.15) is 0 Å². The van der Waals surface area contributed by atoms with Crippen LogP contribution in [0.1, 0.15) is 17.0 Å². The highest BCUT2D eigenvalue weighted by Crippen LogP contribution is 2.12. The van der Waals surface area contributed by atoms with Crippen molar-refractivity contribution in [1.82, 2.24) is 15.0 Å². The Labute approximate surface area is 117 Å². The highest BCUT2D eigenvalue weighted by Gasteiger charge is 2.15. The van der Waals surface area contributed by atoms with Crippen LogP contribution in [0.4, 0.5) is 0 Å². The fraction of sp³-hybridized carbons (Fsp3) is 0.308. The number of ether oxygens (including phenoxy) is 1. The Balaban J connectivity index is 2.08. The molecule has 2 aromatic rings. The lowest BCUT2D eigenvalue weighted by atomic mass is 10.3. The Bertz CT molecular complexity index is 667. The van der Waals surface area contributed by atoms with Crippen molar-refractivity contribution < 1.29 is 13.2 Å². The Morgan fingerprint density at radius 3 is 2.30 bits per heavy atom. The molecule has 7 heteroatoms. The molecule has 2 rings (SSSR count). The van der Waals surface area contributed by atoms with E-state index in [0.717, 1.165) is 5.56 Å². The van der Waals surface area contributed by atoms with Crippen molar-refractivity contribution in [2.75, 3.05) is 7.11 Å². The van der Waals surface area contributed by atoms with Gasteiger partial charge in [0.15, 0.2) is 9.84 Å². The lowest BCUT2D eigenvalue weighted by Gasteiger charge is -2.04. The summed E-state index contributed by atoms with van der Waals surface area (Å²) in [6.45, 7) is 1.85. The molecule has 0 N–H and O–H groups in total. The highest BCUT2D eigenvalue weighted by molar-refractivity contribution is 7.89. The number of aryl methyl sites for hydroxylation is 1. The maximum absolute atomic E-state index is 12.1. The molecule has 0 radical (unpaired) electrons. The van der Waals surface area contributed by atoms with Gasteiger partial charge in [-0.25, -0.2) is 23.4 Å². The van der Waals surface area contributed by atoms with Gasteiger partial charge in [0.1, 0.15) is 11.6 Å². The third kappa shape index (κ3) is 3.99. The van der Waals surface area contributed by atoms with Gasteiger partial charge in [-0.3, -0.25) is 0 Å². The molecule has 0 aliphatic carbocycles. The first-order valence-corrected chi connectivity index (χ1v) is 7.77. The van der Waals surface area contributed by atoms with E-state index in [0.29, 0.717) is 17.3 Å². The van der Waals surface area contributed by atoms with E-state index in [-0.39, 0.29) is 11.5 Å². The molecule has 0 atom stereocenters. The van der Waals surface area contributed by atoms with Crippen molar-refractivity contribution in [1.29, 1.82) is 0 Å². The van der Waals surface area contributed by atoms with Crippen LogP contribution in [0.2, 0.25) is 0 Å². The first kappa shape index (κ1) is 14.4. The summed E-state index contributed by atoms with van der Waals surface area (Å²) < 4.78 is 29.1. The minimum atomic E-state index is -3.33. The van der Waals surface area contributed by atoms with Gasteiger partial charge in [0.25, 0.3) is 0 Å². The summed E-state index contributed by atoms with van der Waals surface area (Å²) in [5.41, 5.74) is 1.50. The Kier molecular flexibility index (Phi) is 4.29. The summed E-state index contributed by atoms with van der Waals surface area (Å²) >= 11 is 0. The van der Waals surface area contributed by atoms with E-state index in [1.807, 2.05) is 6.92 Å². The number of hydrogen-bond donors (Lipinski definition) is 0. The molecule has 0 aromatic carbocycles. The number of methoxy groups -OCH3 is 1. The molecule has 6 nitrogen and oxygen atoms in total. The van der Waals surface area contributed by atoms with Crippen LogP contribution < -0.4 is 4.74 Å². The summed E-state index contributed by atoms with van der Waals surface area (Å²) in [7, 11) is -1.82. The lowest BCUT2D eigenvalue weighted by Crippen LogP contribution is -2.10. The summed E-state index contributed by atoms with van der Waals surface area (Å²) in [5, 5.41) is 0.